The lowest BCUT2D eigenvalue weighted by atomic mass is 9.81. The van der Waals surface area contributed by atoms with Crippen molar-refractivity contribution in [3.05, 3.63) is 54.8 Å². The van der Waals surface area contributed by atoms with E-state index in [-0.39, 0.29) is 11.2 Å². The number of carboxylic acid groups (broad SMARTS) is 1. The molecule has 4 N–H and O–H groups in total. The van der Waals surface area contributed by atoms with Gasteiger partial charge in [-0.05, 0) is 31.0 Å². The first kappa shape index (κ1) is 25.0. The van der Waals surface area contributed by atoms with E-state index in [9.17, 15) is 13.9 Å². The van der Waals surface area contributed by atoms with Crippen LogP contribution >= 0.6 is 10.6 Å². The summed E-state index contributed by atoms with van der Waals surface area (Å²) in [6.07, 6.45) is 5.75. The molecular weight excluding hydrogens is 440 g/mol. The monoisotopic (exact) mass is 474 g/mol. The van der Waals surface area contributed by atoms with Crippen molar-refractivity contribution in [3.8, 4) is 5.75 Å². The minimum Gasteiger partial charge on any atom is -0.478 e. The van der Waals surface area contributed by atoms with Gasteiger partial charge in [-0.2, -0.15) is 10.6 Å². The molecule has 1 aliphatic heterocycles. The number of nitrogens with zero attached hydrogens (tertiary/aromatic N) is 1. The molecule has 33 heavy (non-hydrogen) atoms. The molecule has 0 fully saturated rings. The number of anilines is 3. The molecule has 1 heterocycles. The number of hydrogen-bond donors (Lipinski definition) is 4. The topological polar surface area (TPSA) is 102 Å². The quantitative estimate of drug-likeness (QED) is 0.241. The van der Waals surface area contributed by atoms with Gasteiger partial charge in [-0.15, -0.1) is 0 Å². The van der Waals surface area contributed by atoms with Gasteiger partial charge in [-0.25, -0.2) is 4.79 Å². The van der Waals surface area contributed by atoms with Gasteiger partial charge in [0.25, 0.3) is 0 Å². The first-order valence-corrected chi connectivity index (χ1v) is 13.0. The van der Waals surface area contributed by atoms with Crippen molar-refractivity contribution in [2.24, 2.45) is 5.41 Å². The lowest BCUT2D eigenvalue weighted by Crippen LogP contribution is -2.37. The third-order valence-electron chi connectivity index (χ3n) is 6.26. The number of para-hydroxylation sites is 1. The number of carbonyl (C=O) groups is 1. The number of fused-ring (bicyclic) bond motifs is 1. The molecule has 1 atom stereocenters. The van der Waals surface area contributed by atoms with E-state index in [1.54, 1.807) is 13.1 Å². The molecule has 3 rings (SSSR count). The molecule has 1 unspecified atom stereocenters. The van der Waals surface area contributed by atoms with E-state index in [0.717, 1.165) is 43.7 Å². The van der Waals surface area contributed by atoms with Crippen LogP contribution in [0.25, 0.3) is 0 Å². The lowest BCUT2D eigenvalue weighted by Gasteiger charge is -2.41. The smallest absolute Gasteiger partial charge is 0.331 e. The van der Waals surface area contributed by atoms with Crippen LogP contribution in [0.3, 0.4) is 0 Å². The summed E-state index contributed by atoms with van der Waals surface area (Å²) in [6.45, 7) is 4.93. The number of carboxylic acids is 1. The average Bonchev–Trinajstić information content (AvgIpc) is 2.90. The maximum Gasteiger partial charge on any atom is 0.331 e. The standard InChI is InChI=1S/C25H34N2O5S/c1-4-6-13-25(5-2)17-27(19-10-8-7-9-11-19)21-15-20(26-3)22(32-14-12-24(28)29)16-23(21)33(30,31)18-25/h7-12,14-16,26,30-31H,4-6,13,17-18H2,1-3H3,(H,28,29)/b14-12+. The molecule has 0 saturated carbocycles. The van der Waals surface area contributed by atoms with Crippen molar-refractivity contribution in [3.63, 3.8) is 0 Å². The van der Waals surface area contributed by atoms with E-state index in [4.69, 9.17) is 9.84 Å². The summed E-state index contributed by atoms with van der Waals surface area (Å²) in [6, 6.07) is 13.5. The molecule has 2 aromatic rings. The summed E-state index contributed by atoms with van der Waals surface area (Å²) >= 11 is 0. The van der Waals surface area contributed by atoms with Gasteiger partial charge in [0, 0.05) is 36.5 Å². The average molecular weight is 475 g/mol. The Hall–Kier alpha value is -2.68. The van der Waals surface area contributed by atoms with E-state index in [0.29, 0.717) is 28.6 Å². The van der Waals surface area contributed by atoms with Crippen LogP contribution in [-0.4, -0.2) is 39.5 Å². The Morgan fingerprint density at radius 1 is 1.24 bits per heavy atom. The number of unbranched alkanes of at least 4 members (excludes halogenated alkanes) is 1. The van der Waals surface area contributed by atoms with Crippen molar-refractivity contribution in [2.45, 2.75) is 44.4 Å². The van der Waals surface area contributed by atoms with Crippen molar-refractivity contribution >= 4 is 33.6 Å². The van der Waals surface area contributed by atoms with E-state index in [2.05, 4.69) is 24.1 Å². The molecule has 0 spiro atoms. The van der Waals surface area contributed by atoms with Gasteiger partial charge >= 0.3 is 5.97 Å². The van der Waals surface area contributed by atoms with Crippen LogP contribution in [-0.2, 0) is 4.79 Å². The zero-order chi connectivity index (χ0) is 24.1. The van der Waals surface area contributed by atoms with E-state index >= 15 is 0 Å². The fraction of sp³-hybridized carbons (Fsp3) is 0.400. The minimum atomic E-state index is -3.15. The SMILES string of the molecule is CCCCC1(CC)CN(c2ccccc2)c2cc(NC)c(O/C=C/C(=O)O)cc2S(O)(O)C1. The summed E-state index contributed by atoms with van der Waals surface area (Å²) in [5, 5.41) is 12.0. The second-order valence-electron chi connectivity index (χ2n) is 8.51. The fourth-order valence-corrected chi connectivity index (χ4v) is 6.63. The highest BCUT2D eigenvalue weighted by atomic mass is 32.3. The zero-order valence-electron chi connectivity index (χ0n) is 19.5. The molecule has 0 amide bonds. The van der Waals surface area contributed by atoms with Crippen LogP contribution in [0, 0.1) is 5.41 Å². The van der Waals surface area contributed by atoms with Crippen LogP contribution < -0.4 is 15.0 Å². The summed E-state index contributed by atoms with van der Waals surface area (Å²) in [4.78, 5) is 13.4. The third kappa shape index (κ3) is 5.63. The highest BCUT2D eigenvalue weighted by Gasteiger charge is 2.42. The second-order valence-corrected chi connectivity index (χ2v) is 10.6. The Kier molecular flexibility index (Phi) is 7.94. The molecule has 1 aliphatic rings. The van der Waals surface area contributed by atoms with E-state index in [1.165, 1.54) is 0 Å². The summed E-state index contributed by atoms with van der Waals surface area (Å²) in [5.74, 6) is -0.519. The maximum absolute atomic E-state index is 11.5. The van der Waals surface area contributed by atoms with Crippen molar-refractivity contribution < 1.29 is 23.7 Å². The van der Waals surface area contributed by atoms with Gasteiger partial charge in [-0.3, -0.25) is 9.11 Å². The molecule has 0 aliphatic carbocycles. The number of benzene rings is 2. The van der Waals surface area contributed by atoms with Crippen LogP contribution in [0.1, 0.15) is 39.5 Å². The van der Waals surface area contributed by atoms with Crippen LogP contribution in [0.4, 0.5) is 17.1 Å². The zero-order valence-corrected chi connectivity index (χ0v) is 20.3. The van der Waals surface area contributed by atoms with Crippen LogP contribution in [0.5, 0.6) is 5.75 Å². The highest BCUT2D eigenvalue weighted by Crippen LogP contribution is 2.62. The largest absolute Gasteiger partial charge is 0.478 e. The van der Waals surface area contributed by atoms with Gasteiger partial charge in [0.05, 0.1) is 28.6 Å². The molecule has 0 bridgehead atoms. The molecule has 8 heteroatoms. The summed E-state index contributed by atoms with van der Waals surface area (Å²) in [5.41, 5.74) is 2.05. The molecule has 2 aromatic carbocycles. The fourth-order valence-electron chi connectivity index (χ4n) is 4.38. The molecule has 7 nitrogen and oxygen atoms in total. The maximum atomic E-state index is 11.5. The highest BCUT2D eigenvalue weighted by molar-refractivity contribution is 8.24. The van der Waals surface area contributed by atoms with Gasteiger partial charge in [0.2, 0.25) is 0 Å². The van der Waals surface area contributed by atoms with Crippen molar-refractivity contribution in [1.29, 1.82) is 0 Å². The Balaban J connectivity index is 2.20. The van der Waals surface area contributed by atoms with Gasteiger partial charge in [0.15, 0.2) is 5.75 Å². The van der Waals surface area contributed by atoms with Gasteiger partial charge < -0.3 is 20.1 Å². The molecular formula is C25H34N2O5S. The van der Waals surface area contributed by atoms with Crippen LogP contribution in [0.2, 0.25) is 0 Å². The van der Waals surface area contributed by atoms with Gasteiger partial charge in [0.1, 0.15) is 0 Å². The van der Waals surface area contributed by atoms with Crippen molar-refractivity contribution in [2.75, 3.05) is 29.6 Å². The van der Waals surface area contributed by atoms with Crippen LogP contribution in [0.15, 0.2) is 59.7 Å². The molecule has 0 aromatic heterocycles. The van der Waals surface area contributed by atoms with E-state index in [1.807, 2.05) is 36.4 Å². The van der Waals surface area contributed by atoms with E-state index < -0.39 is 16.6 Å². The lowest BCUT2D eigenvalue weighted by molar-refractivity contribution is -0.131. The first-order valence-electron chi connectivity index (χ1n) is 11.3. The number of ether oxygens (including phenoxy) is 1. The summed E-state index contributed by atoms with van der Waals surface area (Å²) in [7, 11) is -1.40. The molecule has 180 valence electrons. The van der Waals surface area contributed by atoms with Gasteiger partial charge in [-0.1, -0.05) is 44.9 Å². The number of nitrogens with one attached hydrogen (secondary N) is 1. The Labute approximate surface area is 197 Å². The predicted octanol–water partition coefficient (Wildman–Crippen LogP) is 6.55. The molecule has 0 radical (unpaired) electrons. The predicted molar refractivity (Wildman–Crippen MR) is 135 cm³/mol. The summed E-state index contributed by atoms with van der Waals surface area (Å²) < 4.78 is 28.5. The minimum absolute atomic E-state index is 0.270. The number of rotatable bonds is 9. The normalized spacial score (nSPS) is 20.7. The number of hydrogen-bond acceptors (Lipinski definition) is 6. The number of aliphatic carboxylic acids is 1. The Bertz CT molecular complexity index is 996. The first-order chi connectivity index (χ1) is 15.7. The Morgan fingerprint density at radius 2 is 1.97 bits per heavy atom. The molecule has 0 saturated heterocycles. The van der Waals surface area contributed by atoms with Crippen molar-refractivity contribution in [1.82, 2.24) is 0 Å². The Morgan fingerprint density at radius 3 is 2.58 bits per heavy atom. The second kappa shape index (κ2) is 10.5. The third-order valence-corrected chi connectivity index (χ3v) is 8.30.